The van der Waals surface area contributed by atoms with Crippen molar-refractivity contribution in [1.29, 1.82) is 0 Å². The summed E-state index contributed by atoms with van der Waals surface area (Å²) >= 11 is 5.98. The number of piperazine rings is 1. The summed E-state index contributed by atoms with van der Waals surface area (Å²) in [5, 5.41) is 2.45. The number of likely N-dealkylation sites (tertiary alicyclic amines) is 1. The molecule has 8 nitrogen and oxygen atoms in total. The normalized spacial score (nSPS) is 19.0. The molecule has 2 aliphatic rings. The van der Waals surface area contributed by atoms with Crippen molar-refractivity contribution in [1.82, 2.24) is 19.9 Å². The molecule has 1 aromatic carbocycles. The van der Waals surface area contributed by atoms with Gasteiger partial charge in [-0.1, -0.05) is 18.2 Å². The highest BCUT2D eigenvalue weighted by molar-refractivity contribution is 6.32. The summed E-state index contributed by atoms with van der Waals surface area (Å²) in [6.07, 6.45) is 0.787. The molecule has 0 spiro atoms. The van der Waals surface area contributed by atoms with Gasteiger partial charge in [-0.2, -0.15) is 0 Å². The molecule has 3 aromatic rings. The Morgan fingerprint density at radius 3 is 2.80 bits per heavy atom. The van der Waals surface area contributed by atoms with Crippen molar-refractivity contribution in [3.8, 4) is 5.75 Å². The predicted molar refractivity (Wildman–Crippen MR) is 125 cm³/mol. The Kier molecular flexibility index (Phi) is 6.10. The Hall–Kier alpha value is -3.60. The number of hydrogen-bond donors (Lipinski definition) is 1. The molecule has 182 valence electrons. The molecule has 1 amide bonds. The number of hydrogen-bond acceptors (Lipinski definition) is 7. The van der Waals surface area contributed by atoms with Gasteiger partial charge in [0.05, 0.1) is 23.3 Å². The van der Waals surface area contributed by atoms with E-state index in [1.807, 2.05) is 11.0 Å². The molecule has 0 aliphatic carbocycles. The van der Waals surface area contributed by atoms with Crippen LogP contribution < -0.4 is 15.0 Å². The Bertz CT molecular complexity index is 1310. The van der Waals surface area contributed by atoms with E-state index in [-0.39, 0.29) is 35.2 Å². The van der Waals surface area contributed by atoms with E-state index in [0.29, 0.717) is 29.9 Å². The third-order valence-corrected chi connectivity index (χ3v) is 6.48. The van der Waals surface area contributed by atoms with Crippen molar-refractivity contribution in [2.75, 3.05) is 29.9 Å². The number of alkyl halides is 2. The summed E-state index contributed by atoms with van der Waals surface area (Å²) in [6, 6.07) is 6.50. The zero-order valence-electron chi connectivity index (χ0n) is 18.3. The molecule has 35 heavy (non-hydrogen) atoms. The Balaban J connectivity index is 1.41. The van der Waals surface area contributed by atoms with E-state index >= 15 is 0 Å². The number of ether oxygens (including phenoxy) is 1. The van der Waals surface area contributed by atoms with Crippen LogP contribution in [0, 0.1) is 5.82 Å². The summed E-state index contributed by atoms with van der Waals surface area (Å²) in [6.45, 7) is 3.91. The standard InChI is InChI=1S/C23H20ClF3N6O2/c1-2-19(34)33-9-12-7-13(33)8-32(12)18-6-4-15-22(31-18)23(29-11-28-15)30-14-3-5-16(20(24)21(14)27)35-10-17(25)26/h2-6,11-13,17H,1,7-10H2,(H,28,29,30)/t12-,13-/m0/s1. The average Bonchev–Trinajstić information content (AvgIpc) is 3.47. The van der Waals surface area contributed by atoms with Gasteiger partial charge in [-0.05, 0) is 36.8 Å². The molecule has 1 N–H and O–H groups in total. The summed E-state index contributed by atoms with van der Waals surface area (Å²) in [5.74, 6) is -0.181. The van der Waals surface area contributed by atoms with Gasteiger partial charge in [-0.25, -0.2) is 28.1 Å². The van der Waals surface area contributed by atoms with Crippen LogP contribution >= 0.6 is 11.6 Å². The molecule has 2 bridgehead atoms. The fraction of sp³-hybridized carbons (Fsp3) is 0.304. The monoisotopic (exact) mass is 504 g/mol. The molecule has 0 unspecified atom stereocenters. The second-order valence-corrected chi connectivity index (χ2v) is 8.59. The van der Waals surface area contributed by atoms with Gasteiger partial charge in [0.25, 0.3) is 6.43 Å². The first-order valence-corrected chi connectivity index (χ1v) is 11.2. The quantitative estimate of drug-likeness (QED) is 0.483. The fourth-order valence-corrected chi connectivity index (χ4v) is 4.76. The van der Waals surface area contributed by atoms with Gasteiger partial charge in [0.15, 0.2) is 11.6 Å². The smallest absolute Gasteiger partial charge is 0.272 e. The number of nitrogens with zero attached hydrogens (tertiary/aromatic N) is 5. The van der Waals surface area contributed by atoms with Gasteiger partial charge in [-0.15, -0.1) is 0 Å². The lowest BCUT2D eigenvalue weighted by atomic mass is 10.2. The topological polar surface area (TPSA) is 83.5 Å². The van der Waals surface area contributed by atoms with E-state index < -0.39 is 23.9 Å². The van der Waals surface area contributed by atoms with E-state index in [1.165, 1.54) is 24.5 Å². The number of amides is 1. The molecule has 2 aromatic heterocycles. The highest BCUT2D eigenvalue weighted by atomic mass is 35.5. The molecular formula is C23H20ClF3N6O2. The van der Waals surface area contributed by atoms with Crippen molar-refractivity contribution in [3.63, 3.8) is 0 Å². The number of benzene rings is 1. The second kappa shape index (κ2) is 9.21. The van der Waals surface area contributed by atoms with Crippen molar-refractivity contribution in [2.45, 2.75) is 24.9 Å². The lowest BCUT2D eigenvalue weighted by Gasteiger charge is -2.34. The molecule has 2 saturated heterocycles. The summed E-state index contributed by atoms with van der Waals surface area (Å²) in [4.78, 5) is 29.2. The van der Waals surface area contributed by atoms with Crippen molar-refractivity contribution < 1.29 is 22.7 Å². The number of anilines is 3. The molecular weight excluding hydrogens is 485 g/mol. The predicted octanol–water partition coefficient (Wildman–Crippen LogP) is 4.18. The number of carbonyl (C=O) groups excluding carboxylic acids is 1. The van der Waals surface area contributed by atoms with Crippen LogP contribution in [0.4, 0.5) is 30.5 Å². The molecule has 4 heterocycles. The minimum atomic E-state index is -2.71. The van der Waals surface area contributed by atoms with Gasteiger partial charge in [0, 0.05) is 13.1 Å². The molecule has 12 heteroatoms. The highest BCUT2D eigenvalue weighted by Gasteiger charge is 2.45. The molecule has 2 aliphatic heterocycles. The van der Waals surface area contributed by atoms with Crippen LogP contribution in [-0.4, -0.2) is 64.0 Å². The number of carbonyl (C=O) groups is 1. The first-order chi connectivity index (χ1) is 16.9. The van der Waals surface area contributed by atoms with E-state index in [9.17, 15) is 18.0 Å². The Morgan fingerprint density at radius 1 is 1.26 bits per heavy atom. The van der Waals surface area contributed by atoms with Gasteiger partial charge in [-0.3, -0.25) is 4.79 Å². The lowest BCUT2D eigenvalue weighted by Crippen LogP contribution is -2.48. The second-order valence-electron chi connectivity index (χ2n) is 8.22. The first kappa shape index (κ1) is 23.2. The van der Waals surface area contributed by atoms with Crippen LogP contribution in [0.2, 0.25) is 5.02 Å². The summed E-state index contributed by atoms with van der Waals surface area (Å²) < 4.78 is 44.5. The van der Waals surface area contributed by atoms with Crippen molar-refractivity contribution in [2.24, 2.45) is 0 Å². The van der Waals surface area contributed by atoms with E-state index in [1.54, 1.807) is 6.07 Å². The SMILES string of the molecule is C=CC(=O)N1C[C@@H]2C[C@H]1CN2c1ccc2ncnc(Nc3ccc(OCC(F)F)c(Cl)c3F)c2n1. The molecule has 5 rings (SSSR count). The van der Waals surface area contributed by atoms with Crippen molar-refractivity contribution in [3.05, 3.63) is 54.1 Å². The van der Waals surface area contributed by atoms with E-state index in [4.69, 9.17) is 21.3 Å². The third-order valence-electron chi connectivity index (χ3n) is 6.12. The van der Waals surface area contributed by atoms with E-state index in [2.05, 4.69) is 26.8 Å². The Labute approximate surface area is 203 Å². The van der Waals surface area contributed by atoms with Crippen LogP contribution in [0.3, 0.4) is 0 Å². The van der Waals surface area contributed by atoms with E-state index in [0.717, 1.165) is 6.42 Å². The maximum absolute atomic E-state index is 14.9. The van der Waals surface area contributed by atoms with Crippen LogP contribution in [0.5, 0.6) is 5.75 Å². The maximum Gasteiger partial charge on any atom is 0.272 e. The highest BCUT2D eigenvalue weighted by Crippen LogP contribution is 2.36. The maximum atomic E-state index is 14.9. The number of pyridine rings is 1. The number of halogens is 4. The Morgan fingerprint density at radius 2 is 2.09 bits per heavy atom. The largest absolute Gasteiger partial charge is 0.486 e. The summed E-state index contributed by atoms with van der Waals surface area (Å²) in [5.41, 5.74) is 0.938. The number of rotatable bonds is 7. The molecule has 2 atom stereocenters. The first-order valence-electron chi connectivity index (χ1n) is 10.8. The van der Waals surface area contributed by atoms with Crippen LogP contribution in [0.25, 0.3) is 11.0 Å². The van der Waals surface area contributed by atoms with Gasteiger partial charge in [0.2, 0.25) is 5.91 Å². The van der Waals surface area contributed by atoms with Crippen LogP contribution in [0.15, 0.2) is 43.2 Å². The van der Waals surface area contributed by atoms with Crippen LogP contribution in [-0.2, 0) is 4.79 Å². The lowest BCUT2D eigenvalue weighted by molar-refractivity contribution is -0.127. The minimum Gasteiger partial charge on any atom is -0.486 e. The fourth-order valence-electron chi connectivity index (χ4n) is 4.54. The van der Waals surface area contributed by atoms with Gasteiger partial charge >= 0.3 is 0 Å². The number of aromatic nitrogens is 3. The van der Waals surface area contributed by atoms with Gasteiger partial charge in [0.1, 0.15) is 35.0 Å². The zero-order valence-corrected chi connectivity index (χ0v) is 19.1. The molecule has 0 saturated carbocycles. The van der Waals surface area contributed by atoms with Crippen molar-refractivity contribution >= 4 is 45.9 Å². The van der Waals surface area contributed by atoms with Crippen LogP contribution in [0.1, 0.15) is 6.42 Å². The summed E-state index contributed by atoms with van der Waals surface area (Å²) in [7, 11) is 0. The van der Waals surface area contributed by atoms with Gasteiger partial charge < -0.3 is 19.9 Å². The average molecular weight is 505 g/mol. The molecule has 2 fully saturated rings. The number of nitrogens with one attached hydrogen (secondary N) is 1. The molecule has 0 radical (unpaired) electrons. The minimum absolute atomic E-state index is 0.0228. The number of fused-ring (bicyclic) bond motifs is 3. The zero-order chi connectivity index (χ0) is 24.7. The third kappa shape index (κ3) is 4.31.